The highest BCUT2D eigenvalue weighted by Gasteiger charge is 2.63. The summed E-state index contributed by atoms with van der Waals surface area (Å²) in [6, 6.07) is 0. The monoisotopic (exact) mass is 1300 g/mol. The lowest BCUT2D eigenvalue weighted by molar-refractivity contribution is -0.320. The van der Waals surface area contributed by atoms with Gasteiger partial charge in [-0.3, -0.25) is 19.2 Å². The predicted molar refractivity (Wildman–Crippen MR) is 247 cm³/mol. The molecular weight excluding hydrogens is 1240 g/mol. The van der Waals surface area contributed by atoms with Crippen LogP contribution >= 0.6 is 0 Å². The first-order valence-electron chi connectivity index (χ1n) is 22.8. The molecule has 0 saturated carbocycles. The van der Waals surface area contributed by atoms with Crippen molar-refractivity contribution in [2.45, 2.75) is 149 Å². The molecule has 0 radical (unpaired) electrons. The summed E-state index contributed by atoms with van der Waals surface area (Å²) in [5.74, 6) is -10.1. The van der Waals surface area contributed by atoms with Crippen molar-refractivity contribution in [1.29, 1.82) is 0 Å². The average molecular weight is 1310 g/mol. The highest BCUT2D eigenvalue weighted by atomic mass is 32.2. The molecule has 0 aliphatic heterocycles. The Hall–Kier alpha value is -4.81. The second-order valence-electron chi connectivity index (χ2n) is 18.6. The van der Waals surface area contributed by atoms with Gasteiger partial charge in [0.25, 0.3) is 0 Å². The SMILES string of the molecule is CCC(C)(C)C(=O)OCCCCOC(=O)C(F)(F)S(=O)(=O)[O-].CCC(C)(C)C(=O)OCCOC(=O)C(F)(F)S(=O)(=O)[O-].CCC(C)(C)C(=O)OCCOC(F)(F)C(F)(F)S(=O)(=O)[O-].CCC(C)(C)C(=O)OCOC(=O)C(F)(F)S(=O)(=O)[O-]. The van der Waals surface area contributed by atoms with E-state index in [4.69, 9.17) is 4.74 Å². The maximum Gasteiger partial charge on any atom is 0.433 e. The molecular formula is C41H62F10O27S4-4. The van der Waals surface area contributed by atoms with Crippen LogP contribution in [0.5, 0.6) is 0 Å². The van der Waals surface area contributed by atoms with Gasteiger partial charge < -0.3 is 56.1 Å². The Morgan fingerprint density at radius 1 is 0.329 bits per heavy atom. The van der Waals surface area contributed by atoms with Crippen LogP contribution in [-0.2, 0) is 112 Å². The standard InChI is InChI=1S/C12H20F2O7S.C10H16F4O6S.C10H16F2O7S.C9H14F2O7S/c1-4-11(2,3)9(15)20-7-5-6-8-21-10(16)12(13,14)22(17,18)19;1-4-8(2,3)7(15)19-5-6-20-9(11,12)10(13,14)21(16,17)18;1-4-9(2,3)7(13)18-5-6-19-8(14)10(11,12)20(15,16)17;1-4-8(2,3)6(12)17-5-18-7(13)9(10,11)19(14,15)16/h4-8H2,1-3H3,(H,17,18,19);4-6H2,1-3H3,(H,16,17,18);4-6H2,1-3H3,(H,15,16,17);4-5H2,1-3H3,(H,14,15,16)/p-4. The Kier molecular flexibility index (Phi) is 33.1. The first-order valence-corrected chi connectivity index (χ1v) is 28.5. The fraction of sp³-hybridized carbons (Fsp3) is 0.829. The number of unbranched alkanes of at least 4 members (excludes halogenated alkanes) is 1. The Balaban J connectivity index is -0.000000495. The number of rotatable bonds is 30. The zero-order chi connectivity index (χ0) is 66.4. The van der Waals surface area contributed by atoms with Crippen LogP contribution in [0.15, 0.2) is 0 Å². The molecule has 0 atom stereocenters. The van der Waals surface area contributed by atoms with Crippen molar-refractivity contribution in [2.75, 3.05) is 46.4 Å². The van der Waals surface area contributed by atoms with Gasteiger partial charge in [0.1, 0.15) is 19.8 Å². The normalized spacial score (nSPS) is 13.2. The third-order valence-corrected chi connectivity index (χ3v) is 13.8. The van der Waals surface area contributed by atoms with Gasteiger partial charge in [-0.25, -0.2) is 48.1 Å². The van der Waals surface area contributed by atoms with Gasteiger partial charge in [0.05, 0.1) is 41.5 Å². The average Bonchev–Trinajstić information content (AvgIpc) is 3.33. The lowest BCUT2D eigenvalue weighted by Crippen LogP contribution is -2.49. The van der Waals surface area contributed by atoms with Crippen LogP contribution in [0, 0.1) is 21.7 Å². The maximum absolute atomic E-state index is 12.8. The molecule has 0 amide bonds. The van der Waals surface area contributed by atoms with E-state index in [-0.39, 0.29) is 19.4 Å². The minimum atomic E-state index is -6.61. The molecule has 0 spiro atoms. The van der Waals surface area contributed by atoms with E-state index in [1.54, 1.807) is 48.5 Å². The summed E-state index contributed by atoms with van der Waals surface area (Å²) in [7, 11) is -25.0. The van der Waals surface area contributed by atoms with Gasteiger partial charge in [0.2, 0.25) is 6.79 Å². The largest absolute Gasteiger partial charge is 0.743 e. The van der Waals surface area contributed by atoms with Crippen molar-refractivity contribution in [1.82, 2.24) is 0 Å². The number of ether oxygens (including phenoxy) is 8. The van der Waals surface area contributed by atoms with Crippen LogP contribution in [0.4, 0.5) is 43.9 Å². The lowest BCUT2D eigenvalue weighted by Gasteiger charge is -2.27. The van der Waals surface area contributed by atoms with E-state index in [0.717, 1.165) is 0 Å². The molecule has 27 nitrogen and oxygen atoms in total. The van der Waals surface area contributed by atoms with Crippen molar-refractivity contribution < 1.29 is 167 Å². The molecule has 0 rings (SSSR count). The number of halogens is 10. The van der Waals surface area contributed by atoms with E-state index in [0.29, 0.717) is 25.7 Å². The van der Waals surface area contributed by atoms with Crippen LogP contribution in [0.25, 0.3) is 0 Å². The smallest absolute Gasteiger partial charge is 0.433 e. The molecule has 0 aromatic rings. The van der Waals surface area contributed by atoms with Crippen molar-refractivity contribution in [3.8, 4) is 0 Å². The summed E-state index contributed by atoms with van der Waals surface area (Å²) >= 11 is 0. The third-order valence-electron chi connectivity index (χ3n) is 10.6. The van der Waals surface area contributed by atoms with E-state index >= 15 is 0 Å². The molecule has 0 heterocycles. The zero-order valence-corrected chi connectivity index (χ0v) is 48.9. The van der Waals surface area contributed by atoms with Crippen LogP contribution in [0.1, 0.15) is 122 Å². The molecule has 0 unspecified atom stereocenters. The van der Waals surface area contributed by atoms with Gasteiger partial charge in [-0.15, -0.1) is 0 Å². The van der Waals surface area contributed by atoms with Gasteiger partial charge in [-0.2, -0.15) is 43.9 Å². The Labute approximate surface area is 465 Å². The maximum atomic E-state index is 12.8. The van der Waals surface area contributed by atoms with Gasteiger partial charge in [0, 0.05) is 0 Å². The molecule has 0 aromatic heterocycles. The summed E-state index contributed by atoms with van der Waals surface area (Å²) in [6.45, 7) is 14.6. The van der Waals surface area contributed by atoms with Crippen molar-refractivity contribution >= 4 is 82.3 Å². The molecule has 0 aliphatic rings. The molecule has 0 fully saturated rings. The molecule has 0 N–H and O–H groups in total. The number of carbonyl (C=O) groups is 7. The number of hydrogen-bond donors (Lipinski definition) is 0. The van der Waals surface area contributed by atoms with Crippen LogP contribution in [0.2, 0.25) is 0 Å². The van der Waals surface area contributed by atoms with E-state index in [1.165, 1.54) is 27.7 Å². The highest BCUT2D eigenvalue weighted by Crippen LogP contribution is 2.39. The number of alkyl halides is 10. The van der Waals surface area contributed by atoms with Crippen molar-refractivity contribution in [3.05, 3.63) is 0 Å². The lowest BCUT2D eigenvalue weighted by atomic mass is 9.91. The van der Waals surface area contributed by atoms with Crippen LogP contribution in [-0.4, -0.2) is 167 Å². The fourth-order valence-corrected chi connectivity index (χ4v) is 4.53. The summed E-state index contributed by atoms with van der Waals surface area (Å²) < 4.78 is 282. The van der Waals surface area contributed by atoms with E-state index in [9.17, 15) is 129 Å². The fourth-order valence-electron chi connectivity index (χ4n) is 3.39. The van der Waals surface area contributed by atoms with Gasteiger partial charge >= 0.3 is 68.9 Å². The van der Waals surface area contributed by atoms with E-state index < -0.39 is 171 Å². The first-order chi connectivity index (χ1) is 36.3. The highest BCUT2D eigenvalue weighted by molar-refractivity contribution is 7.88. The third kappa shape index (κ3) is 26.8. The van der Waals surface area contributed by atoms with Crippen molar-refractivity contribution in [3.63, 3.8) is 0 Å². The van der Waals surface area contributed by atoms with Crippen LogP contribution < -0.4 is 0 Å². The predicted octanol–water partition coefficient (Wildman–Crippen LogP) is 4.39. The molecule has 0 saturated heterocycles. The Bertz CT molecular complexity index is 2610. The molecule has 486 valence electrons. The summed E-state index contributed by atoms with van der Waals surface area (Å²) in [5.41, 5.74) is -3.23. The number of hydrogen-bond acceptors (Lipinski definition) is 27. The van der Waals surface area contributed by atoms with Gasteiger partial charge in [-0.05, 0) is 93.9 Å². The molecule has 0 bridgehead atoms. The minimum absolute atomic E-state index is 0.00998. The number of carbonyl (C=O) groups excluding carboxylic acids is 7. The molecule has 82 heavy (non-hydrogen) atoms. The van der Waals surface area contributed by atoms with E-state index in [2.05, 4.69) is 33.2 Å². The Morgan fingerprint density at radius 2 is 0.537 bits per heavy atom. The number of esters is 7. The van der Waals surface area contributed by atoms with Crippen molar-refractivity contribution in [2.24, 2.45) is 21.7 Å². The first kappa shape index (κ1) is 83.6. The van der Waals surface area contributed by atoms with Gasteiger partial charge in [-0.1, -0.05) is 27.7 Å². The molecule has 0 aliphatic carbocycles. The second kappa shape index (κ2) is 32.5. The summed E-state index contributed by atoms with van der Waals surface area (Å²) in [4.78, 5) is 77.9. The van der Waals surface area contributed by atoms with E-state index in [1.807, 2.05) is 6.92 Å². The summed E-state index contributed by atoms with van der Waals surface area (Å²) in [5, 5.41) is -21.4. The second-order valence-corrected chi connectivity index (χ2v) is 24.3. The Morgan fingerprint density at radius 3 is 0.793 bits per heavy atom. The quantitative estimate of drug-likeness (QED) is 0.0240. The molecule has 41 heteroatoms. The minimum Gasteiger partial charge on any atom is -0.743 e. The van der Waals surface area contributed by atoms with Crippen LogP contribution in [0.3, 0.4) is 0 Å². The molecule has 0 aromatic carbocycles. The topological polar surface area (TPSA) is 422 Å². The summed E-state index contributed by atoms with van der Waals surface area (Å²) in [6.07, 6.45) is -3.41. The zero-order valence-electron chi connectivity index (χ0n) is 45.6. The van der Waals surface area contributed by atoms with Gasteiger partial charge in [0.15, 0.2) is 40.5 Å².